The summed E-state index contributed by atoms with van der Waals surface area (Å²) in [4.78, 5) is 4.40. The van der Waals surface area contributed by atoms with E-state index < -0.39 is 0 Å². The van der Waals surface area contributed by atoms with Crippen LogP contribution in [0.15, 0.2) is 42.7 Å². The lowest BCUT2D eigenvalue weighted by Gasteiger charge is -1.99. The lowest BCUT2D eigenvalue weighted by atomic mass is 10.3. The maximum absolute atomic E-state index is 5.02. The van der Waals surface area contributed by atoms with Gasteiger partial charge >= 0.3 is 0 Å². The van der Waals surface area contributed by atoms with Crippen LogP contribution in [0.4, 0.5) is 10.8 Å². The molecular formula is C14H15N5OS. The fourth-order valence-electron chi connectivity index (χ4n) is 1.83. The minimum Gasteiger partial charge on any atom is -0.384 e. The molecule has 0 aliphatic heterocycles. The van der Waals surface area contributed by atoms with Crippen molar-refractivity contribution in [2.75, 3.05) is 19.0 Å². The molecule has 7 heteroatoms. The molecule has 2 aromatic heterocycles. The number of nitrogens with zero attached hydrogens (tertiary/aromatic N) is 4. The first-order chi connectivity index (χ1) is 10.3. The van der Waals surface area contributed by atoms with Gasteiger partial charge < -0.3 is 10.1 Å². The third-order valence-corrected chi connectivity index (χ3v) is 3.52. The van der Waals surface area contributed by atoms with Crippen LogP contribution in [-0.4, -0.2) is 32.9 Å². The summed E-state index contributed by atoms with van der Waals surface area (Å²) in [7, 11) is 1.67. The van der Waals surface area contributed by atoms with Crippen LogP contribution in [0.25, 0.3) is 5.69 Å². The summed E-state index contributed by atoms with van der Waals surface area (Å²) in [6.07, 6.45) is 4.41. The lowest BCUT2D eigenvalue weighted by Crippen LogP contribution is -1.96. The number of anilines is 2. The molecule has 0 aliphatic carbocycles. The monoisotopic (exact) mass is 301 g/mol. The average molecular weight is 301 g/mol. The highest BCUT2D eigenvalue weighted by Gasteiger charge is 2.06. The molecule has 0 unspecified atom stereocenters. The van der Waals surface area contributed by atoms with E-state index in [-0.39, 0.29) is 0 Å². The van der Waals surface area contributed by atoms with Crippen molar-refractivity contribution in [2.45, 2.75) is 6.42 Å². The van der Waals surface area contributed by atoms with Crippen LogP contribution in [0.5, 0.6) is 0 Å². The highest BCUT2D eigenvalue weighted by Crippen LogP contribution is 2.19. The van der Waals surface area contributed by atoms with Crippen molar-refractivity contribution in [3.05, 3.63) is 48.5 Å². The highest BCUT2D eigenvalue weighted by atomic mass is 32.1. The highest BCUT2D eigenvalue weighted by molar-refractivity contribution is 7.09. The number of para-hydroxylation sites is 1. The van der Waals surface area contributed by atoms with Gasteiger partial charge in [-0.25, -0.2) is 9.67 Å². The van der Waals surface area contributed by atoms with Gasteiger partial charge in [-0.3, -0.25) is 0 Å². The molecule has 0 saturated carbocycles. The molecule has 3 aromatic rings. The minimum atomic E-state index is 0.627. The summed E-state index contributed by atoms with van der Waals surface area (Å²) in [5.74, 6) is 0.791. The van der Waals surface area contributed by atoms with E-state index >= 15 is 0 Å². The van der Waals surface area contributed by atoms with Crippen LogP contribution in [0.2, 0.25) is 0 Å². The van der Waals surface area contributed by atoms with Gasteiger partial charge in [-0.15, -0.1) is 0 Å². The Morgan fingerprint density at radius 1 is 1.29 bits per heavy atom. The smallest absolute Gasteiger partial charge is 0.207 e. The summed E-state index contributed by atoms with van der Waals surface area (Å²) in [6, 6.07) is 9.96. The third-order valence-electron chi connectivity index (χ3n) is 2.85. The summed E-state index contributed by atoms with van der Waals surface area (Å²) in [6.45, 7) is 0.627. The number of ether oxygens (including phenoxy) is 1. The van der Waals surface area contributed by atoms with Gasteiger partial charge in [0.1, 0.15) is 5.82 Å². The van der Waals surface area contributed by atoms with E-state index in [2.05, 4.69) is 19.8 Å². The van der Waals surface area contributed by atoms with Crippen LogP contribution in [-0.2, 0) is 11.2 Å². The molecule has 0 saturated heterocycles. The Morgan fingerprint density at radius 3 is 2.95 bits per heavy atom. The molecule has 1 aromatic carbocycles. The second-order valence-corrected chi connectivity index (χ2v) is 5.14. The summed E-state index contributed by atoms with van der Waals surface area (Å²) in [5.41, 5.74) is 1.90. The predicted molar refractivity (Wildman–Crippen MR) is 82.3 cm³/mol. The van der Waals surface area contributed by atoms with Crippen molar-refractivity contribution in [3.63, 3.8) is 0 Å². The van der Waals surface area contributed by atoms with Gasteiger partial charge in [0.25, 0.3) is 0 Å². The molecule has 0 amide bonds. The zero-order valence-corrected chi connectivity index (χ0v) is 12.4. The largest absolute Gasteiger partial charge is 0.384 e. The van der Waals surface area contributed by atoms with Crippen LogP contribution in [0.1, 0.15) is 5.82 Å². The van der Waals surface area contributed by atoms with Crippen molar-refractivity contribution in [3.8, 4) is 5.69 Å². The summed E-state index contributed by atoms with van der Waals surface area (Å²) >= 11 is 1.34. The Bertz CT molecular complexity index is 694. The quantitative estimate of drug-likeness (QED) is 0.758. The van der Waals surface area contributed by atoms with Gasteiger partial charge in [-0.1, -0.05) is 18.2 Å². The number of aromatic nitrogens is 4. The average Bonchev–Trinajstić information content (AvgIpc) is 3.16. The van der Waals surface area contributed by atoms with Crippen LogP contribution < -0.4 is 5.32 Å². The number of methoxy groups -OCH3 is 1. The van der Waals surface area contributed by atoms with E-state index in [4.69, 9.17) is 4.74 Å². The fourth-order valence-corrected chi connectivity index (χ4v) is 2.47. The first-order valence-corrected chi connectivity index (χ1v) is 7.31. The number of hydrogen-bond donors (Lipinski definition) is 1. The third kappa shape index (κ3) is 3.45. The van der Waals surface area contributed by atoms with Crippen LogP contribution in [0, 0.1) is 0 Å². The Kier molecular flexibility index (Phi) is 4.23. The van der Waals surface area contributed by atoms with Gasteiger partial charge in [-0.2, -0.15) is 9.47 Å². The maximum atomic E-state index is 5.02. The number of hydrogen-bond acceptors (Lipinski definition) is 6. The van der Waals surface area contributed by atoms with E-state index in [0.29, 0.717) is 6.61 Å². The Hall–Kier alpha value is -2.25. The van der Waals surface area contributed by atoms with Gasteiger partial charge in [0.2, 0.25) is 5.13 Å². The molecule has 108 valence electrons. The standard InChI is InChI=1S/C14H15N5OS/c1-20-8-7-13-17-14(21-18-13)16-11-9-15-19(10-11)12-5-3-2-4-6-12/h2-6,9-10H,7-8H2,1H3,(H,16,17,18). The van der Waals surface area contributed by atoms with Gasteiger partial charge in [0.05, 0.1) is 30.4 Å². The normalized spacial score (nSPS) is 10.7. The topological polar surface area (TPSA) is 64.9 Å². The van der Waals surface area contributed by atoms with Crippen molar-refractivity contribution in [1.29, 1.82) is 0 Å². The molecule has 3 rings (SSSR count). The van der Waals surface area contributed by atoms with Gasteiger partial charge in [0.15, 0.2) is 0 Å². The molecule has 0 aliphatic rings. The molecule has 0 atom stereocenters. The Morgan fingerprint density at radius 2 is 2.14 bits per heavy atom. The van der Waals surface area contributed by atoms with E-state index in [1.807, 2.05) is 41.2 Å². The number of rotatable bonds is 6. The Labute approximate surface area is 126 Å². The van der Waals surface area contributed by atoms with Gasteiger partial charge in [-0.05, 0) is 12.1 Å². The van der Waals surface area contributed by atoms with Crippen molar-refractivity contribution < 1.29 is 4.74 Å². The molecule has 0 bridgehead atoms. The van der Waals surface area contributed by atoms with Crippen LogP contribution in [0.3, 0.4) is 0 Å². The van der Waals surface area contributed by atoms with Crippen molar-refractivity contribution >= 4 is 22.4 Å². The molecule has 21 heavy (non-hydrogen) atoms. The fraction of sp³-hybridized carbons (Fsp3) is 0.214. The van der Waals surface area contributed by atoms with Gasteiger partial charge in [0, 0.05) is 25.1 Å². The molecule has 6 nitrogen and oxygen atoms in total. The second kappa shape index (κ2) is 6.47. The molecule has 2 heterocycles. The van der Waals surface area contributed by atoms with Crippen molar-refractivity contribution in [1.82, 2.24) is 19.1 Å². The maximum Gasteiger partial charge on any atom is 0.207 e. The van der Waals surface area contributed by atoms with Crippen LogP contribution >= 0.6 is 11.5 Å². The minimum absolute atomic E-state index is 0.627. The molecule has 0 fully saturated rings. The summed E-state index contributed by atoms with van der Waals surface area (Å²) < 4.78 is 11.1. The van der Waals surface area contributed by atoms with E-state index in [0.717, 1.165) is 28.8 Å². The summed E-state index contributed by atoms with van der Waals surface area (Å²) in [5, 5.41) is 8.30. The van der Waals surface area contributed by atoms with E-state index in [9.17, 15) is 0 Å². The SMILES string of the molecule is COCCc1nsc(Nc2cnn(-c3ccccc3)c2)n1. The van der Waals surface area contributed by atoms with E-state index in [1.54, 1.807) is 13.3 Å². The molecule has 0 radical (unpaired) electrons. The number of benzene rings is 1. The molecule has 1 N–H and O–H groups in total. The molecule has 0 spiro atoms. The van der Waals surface area contributed by atoms with E-state index in [1.165, 1.54) is 11.5 Å². The predicted octanol–water partition coefficient (Wildman–Crippen LogP) is 2.66. The second-order valence-electron chi connectivity index (χ2n) is 4.39. The Balaban J connectivity index is 1.68. The zero-order valence-electron chi connectivity index (χ0n) is 11.6. The first-order valence-electron chi connectivity index (χ1n) is 6.54. The first kappa shape index (κ1) is 13.7. The molecular weight excluding hydrogens is 286 g/mol. The number of nitrogens with one attached hydrogen (secondary N) is 1. The zero-order chi connectivity index (χ0) is 14.5. The lowest BCUT2D eigenvalue weighted by molar-refractivity contribution is 0.201. The van der Waals surface area contributed by atoms with Crippen molar-refractivity contribution in [2.24, 2.45) is 0 Å².